The zero-order chi connectivity index (χ0) is 30.3. The molecule has 1 aliphatic rings. The fraction of sp³-hybridized carbons (Fsp3) is 0.367. The van der Waals surface area contributed by atoms with Gasteiger partial charge in [0, 0.05) is 36.3 Å². The van der Waals surface area contributed by atoms with E-state index in [9.17, 15) is 14.4 Å². The van der Waals surface area contributed by atoms with Crippen LogP contribution in [-0.4, -0.2) is 64.3 Å². The summed E-state index contributed by atoms with van der Waals surface area (Å²) in [5.41, 5.74) is -0.00523. The second-order valence-corrected chi connectivity index (χ2v) is 12.1. The van der Waals surface area contributed by atoms with Crippen molar-refractivity contribution in [1.82, 2.24) is 14.9 Å². The number of aromatic nitrogens is 2. The van der Waals surface area contributed by atoms with Crippen LogP contribution in [0.4, 0.5) is 16.3 Å². The molecule has 2 aromatic heterocycles. The quantitative estimate of drug-likeness (QED) is 0.281. The number of pyridine rings is 2. The first-order chi connectivity index (χ1) is 20.0. The number of thioether (sulfide) groups is 1. The zero-order valence-electron chi connectivity index (χ0n) is 24.0. The summed E-state index contributed by atoms with van der Waals surface area (Å²) in [4.78, 5) is 49.9. The summed E-state index contributed by atoms with van der Waals surface area (Å²) < 4.78 is 11.7. The van der Waals surface area contributed by atoms with Crippen LogP contribution in [0, 0.1) is 5.92 Å². The predicted molar refractivity (Wildman–Crippen MR) is 164 cm³/mol. The largest absolute Gasteiger partial charge is 0.492 e. The standard InChI is InChI=1S/C30H34ClN5O5S/c1-30(2,3)41-29(39)36-14-6-7-19(17-36)18-40-24-15-21(42-4)10-11-22(24)27(37)34-23-8-5-13-32-26(23)28(38)35-25-12-9-20(31)16-33-25/h5,8-13,15-16,19H,6-7,14,17-18H2,1-4H3,(H,34,37)(H,33,35,38). The third-order valence-corrected chi connectivity index (χ3v) is 7.27. The molecule has 1 fully saturated rings. The molecule has 42 heavy (non-hydrogen) atoms. The Hall–Kier alpha value is -3.83. The first-order valence-electron chi connectivity index (χ1n) is 13.5. The van der Waals surface area contributed by atoms with Crippen LogP contribution in [0.1, 0.15) is 54.5 Å². The van der Waals surface area contributed by atoms with Crippen molar-refractivity contribution in [2.45, 2.75) is 44.1 Å². The Morgan fingerprint density at radius 3 is 2.62 bits per heavy atom. The van der Waals surface area contributed by atoms with E-state index in [-0.39, 0.29) is 23.4 Å². The lowest BCUT2D eigenvalue weighted by atomic mass is 9.99. The maximum Gasteiger partial charge on any atom is 0.410 e. The van der Waals surface area contributed by atoms with Crippen molar-refractivity contribution in [3.63, 3.8) is 0 Å². The van der Waals surface area contributed by atoms with Gasteiger partial charge in [0.25, 0.3) is 11.8 Å². The van der Waals surface area contributed by atoms with Crippen molar-refractivity contribution in [3.05, 3.63) is 71.1 Å². The van der Waals surface area contributed by atoms with Crippen LogP contribution in [0.2, 0.25) is 5.02 Å². The van der Waals surface area contributed by atoms with E-state index in [4.69, 9.17) is 21.1 Å². The highest BCUT2D eigenvalue weighted by Gasteiger charge is 2.28. The Morgan fingerprint density at radius 2 is 1.90 bits per heavy atom. The fourth-order valence-electron chi connectivity index (χ4n) is 4.34. The average Bonchev–Trinajstić information content (AvgIpc) is 2.96. The molecular weight excluding hydrogens is 578 g/mol. The Bertz CT molecular complexity index is 1430. The highest BCUT2D eigenvalue weighted by atomic mass is 35.5. The van der Waals surface area contributed by atoms with Crippen LogP contribution in [-0.2, 0) is 4.74 Å². The normalized spacial score (nSPS) is 15.1. The molecule has 222 valence electrons. The van der Waals surface area contributed by atoms with Gasteiger partial charge in [0.05, 0.1) is 22.9 Å². The molecule has 3 amide bonds. The van der Waals surface area contributed by atoms with E-state index in [0.717, 1.165) is 17.7 Å². The number of amides is 3. The number of benzene rings is 1. The second kappa shape index (κ2) is 13.9. The van der Waals surface area contributed by atoms with Crippen LogP contribution >= 0.6 is 23.4 Å². The van der Waals surface area contributed by atoms with E-state index < -0.39 is 17.4 Å². The summed E-state index contributed by atoms with van der Waals surface area (Å²) in [6.45, 7) is 7.01. The number of carbonyl (C=O) groups excluding carboxylic acids is 3. The summed E-state index contributed by atoms with van der Waals surface area (Å²) in [6.07, 6.45) is 6.21. The average molecular weight is 612 g/mol. The minimum Gasteiger partial charge on any atom is -0.492 e. The molecule has 3 heterocycles. The van der Waals surface area contributed by atoms with E-state index in [1.165, 1.54) is 24.2 Å². The van der Waals surface area contributed by atoms with E-state index >= 15 is 0 Å². The van der Waals surface area contributed by atoms with Gasteiger partial charge in [-0.15, -0.1) is 11.8 Å². The molecule has 1 saturated heterocycles. The van der Waals surface area contributed by atoms with E-state index in [1.54, 1.807) is 35.2 Å². The lowest BCUT2D eigenvalue weighted by molar-refractivity contribution is 0.0139. The molecule has 0 bridgehead atoms. The number of carbonyl (C=O) groups is 3. The van der Waals surface area contributed by atoms with Gasteiger partial charge < -0.3 is 25.0 Å². The molecule has 0 radical (unpaired) electrons. The molecule has 2 N–H and O–H groups in total. The Morgan fingerprint density at radius 1 is 1.10 bits per heavy atom. The lowest BCUT2D eigenvalue weighted by Gasteiger charge is -2.34. The number of hydrogen-bond acceptors (Lipinski definition) is 8. The molecule has 0 spiro atoms. The van der Waals surface area contributed by atoms with Crippen LogP contribution in [0.25, 0.3) is 0 Å². The highest BCUT2D eigenvalue weighted by molar-refractivity contribution is 7.98. The summed E-state index contributed by atoms with van der Waals surface area (Å²) in [7, 11) is 0. The number of ether oxygens (including phenoxy) is 2. The van der Waals surface area contributed by atoms with Gasteiger partial charge in [0.2, 0.25) is 0 Å². The van der Waals surface area contributed by atoms with Crippen LogP contribution < -0.4 is 15.4 Å². The van der Waals surface area contributed by atoms with Crippen molar-refractivity contribution in [1.29, 1.82) is 0 Å². The van der Waals surface area contributed by atoms with Gasteiger partial charge >= 0.3 is 6.09 Å². The fourth-order valence-corrected chi connectivity index (χ4v) is 4.88. The topological polar surface area (TPSA) is 123 Å². The lowest BCUT2D eigenvalue weighted by Crippen LogP contribution is -2.44. The molecule has 4 rings (SSSR count). The van der Waals surface area contributed by atoms with Crippen molar-refractivity contribution in [3.8, 4) is 5.75 Å². The molecule has 10 nitrogen and oxygen atoms in total. The van der Waals surface area contributed by atoms with Gasteiger partial charge in [-0.25, -0.2) is 14.8 Å². The van der Waals surface area contributed by atoms with Crippen molar-refractivity contribution < 1.29 is 23.9 Å². The summed E-state index contributed by atoms with van der Waals surface area (Å²) in [6, 6.07) is 11.7. The van der Waals surface area contributed by atoms with E-state index in [1.807, 2.05) is 39.2 Å². The molecule has 3 aromatic rings. The van der Waals surface area contributed by atoms with Crippen molar-refractivity contribution >= 4 is 52.8 Å². The predicted octanol–water partition coefficient (Wildman–Crippen LogP) is 6.38. The Labute approximate surface area is 254 Å². The molecule has 12 heteroatoms. The number of hydrogen-bond donors (Lipinski definition) is 2. The second-order valence-electron chi connectivity index (χ2n) is 10.8. The van der Waals surface area contributed by atoms with Gasteiger partial charge in [0.1, 0.15) is 17.2 Å². The first-order valence-corrected chi connectivity index (χ1v) is 15.1. The van der Waals surface area contributed by atoms with Gasteiger partial charge in [0.15, 0.2) is 5.69 Å². The number of nitrogens with one attached hydrogen (secondary N) is 2. The molecular formula is C30H34ClN5O5S. The molecule has 1 aromatic carbocycles. The summed E-state index contributed by atoms with van der Waals surface area (Å²) in [5, 5.41) is 5.90. The smallest absolute Gasteiger partial charge is 0.410 e. The Balaban J connectivity index is 1.46. The number of rotatable bonds is 8. The van der Waals surface area contributed by atoms with Crippen molar-refractivity contribution in [2.24, 2.45) is 5.92 Å². The summed E-state index contributed by atoms with van der Waals surface area (Å²) in [5.74, 6) is -0.210. The zero-order valence-corrected chi connectivity index (χ0v) is 25.6. The number of anilines is 2. The number of nitrogens with zero attached hydrogens (tertiary/aromatic N) is 3. The van der Waals surface area contributed by atoms with Gasteiger partial charge in [-0.3, -0.25) is 9.59 Å². The third-order valence-electron chi connectivity index (χ3n) is 6.32. The van der Waals surface area contributed by atoms with E-state index in [2.05, 4.69) is 20.6 Å². The van der Waals surface area contributed by atoms with Crippen LogP contribution in [0.3, 0.4) is 0 Å². The SMILES string of the molecule is CSc1ccc(C(=O)Nc2cccnc2C(=O)Nc2ccc(Cl)cn2)c(OCC2CCCN(C(=O)OC(C)(C)C)C2)c1. The van der Waals surface area contributed by atoms with Gasteiger partial charge in [-0.05, 0) is 82.3 Å². The van der Waals surface area contributed by atoms with Crippen molar-refractivity contribution in [2.75, 3.05) is 36.6 Å². The molecule has 0 saturated carbocycles. The number of likely N-dealkylation sites (tertiary alicyclic amines) is 1. The number of piperidine rings is 1. The monoisotopic (exact) mass is 611 g/mol. The summed E-state index contributed by atoms with van der Waals surface area (Å²) >= 11 is 7.40. The number of halogens is 1. The van der Waals surface area contributed by atoms with Gasteiger partial charge in [-0.1, -0.05) is 11.6 Å². The Kier molecular flexibility index (Phi) is 10.3. The molecule has 1 atom stereocenters. The van der Waals surface area contributed by atoms with Crippen LogP contribution in [0.15, 0.2) is 59.8 Å². The molecule has 1 unspecified atom stereocenters. The highest BCUT2D eigenvalue weighted by Crippen LogP contribution is 2.29. The third kappa shape index (κ3) is 8.59. The first kappa shape index (κ1) is 31.1. The minimum atomic E-state index is -0.567. The molecule has 1 aliphatic heterocycles. The van der Waals surface area contributed by atoms with Crippen LogP contribution in [0.5, 0.6) is 5.75 Å². The van der Waals surface area contributed by atoms with Gasteiger partial charge in [-0.2, -0.15) is 0 Å². The molecule has 0 aliphatic carbocycles. The maximum absolute atomic E-state index is 13.5. The van der Waals surface area contributed by atoms with E-state index in [0.29, 0.717) is 41.8 Å². The maximum atomic E-state index is 13.5. The minimum absolute atomic E-state index is 0.0234.